The summed E-state index contributed by atoms with van der Waals surface area (Å²) in [5.74, 6) is -0.179. The molecular formula is C19H29N3O3S. The number of carbonyl (C=O) groups excluding carboxylic acids is 3. The monoisotopic (exact) mass is 379 g/mol. The van der Waals surface area contributed by atoms with Crippen molar-refractivity contribution in [2.75, 3.05) is 19.6 Å². The lowest BCUT2D eigenvalue weighted by Crippen LogP contribution is -2.54. The Kier molecular flexibility index (Phi) is 7.63. The van der Waals surface area contributed by atoms with Crippen LogP contribution in [0.3, 0.4) is 0 Å². The fourth-order valence-electron chi connectivity index (χ4n) is 3.19. The third kappa shape index (κ3) is 5.30. The van der Waals surface area contributed by atoms with Gasteiger partial charge in [-0.1, -0.05) is 26.8 Å². The molecule has 1 atom stereocenters. The molecular weight excluding hydrogens is 350 g/mol. The third-order valence-electron chi connectivity index (χ3n) is 4.68. The van der Waals surface area contributed by atoms with Crippen molar-refractivity contribution in [3.63, 3.8) is 0 Å². The molecule has 1 aliphatic rings. The molecule has 1 aromatic heterocycles. The van der Waals surface area contributed by atoms with Gasteiger partial charge in [-0.3, -0.25) is 14.4 Å². The summed E-state index contributed by atoms with van der Waals surface area (Å²) in [7, 11) is 0. The molecule has 1 saturated heterocycles. The normalized spacial score (nSPS) is 16.4. The van der Waals surface area contributed by atoms with Gasteiger partial charge in [0.1, 0.15) is 6.04 Å². The van der Waals surface area contributed by atoms with Crippen molar-refractivity contribution >= 4 is 29.1 Å². The number of rotatable bonds is 7. The molecule has 2 N–H and O–H groups in total. The molecule has 2 heterocycles. The summed E-state index contributed by atoms with van der Waals surface area (Å²) in [4.78, 5) is 39.7. The summed E-state index contributed by atoms with van der Waals surface area (Å²) in [6, 6.07) is 3.01. The molecule has 0 unspecified atom stereocenters. The van der Waals surface area contributed by atoms with Crippen LogP contribution in [-0.2, 0) is 9.59 Å². The van der Waals surface area contributed by atoms with E-state index >= 15 is 0 Å². The van der Waals surface area contributed by atoms with Crippen molar-refractivity contribution in [1.82, 2.24) is 15.5 Å². The van der Waals surface area contributed by atoms with Gasteiger partial charge in [0, 0.05) is 25.6 Å². The van der Waals surface area contributed by atoms with E-state index in [1.54, 1.807) is 6.07 Å². The van der Waals surface area contributed by atoms with Gasteiger partial charge < -0.3 is 15.5 Å². The van der Waals surface area contributed by atoms with Crippen LogP contribution in [0.2, 0.25) is 0 Å². The molecule has 1 fully saturated rings. The van der Waals surface area contributed by atoms with Crippen molar-refractivity contribution in [2.45, 2.75) is 46.1 Å². The van der Waals surface area contributed by atoms with E-state index in [9.17, 15) is 14.4 Å². The highest BCUT2D eigenvalue weighted by atomic mass is 32.1. The van der Waals surface area contributed by atoms with E-state index in [1.165, 1.54) is 11.3 Å². The van der Waals surface area contributed by atoms with Gasteiger partial charge in [0.15, 0.2) is 0 Å². The first-order valence-corrected chi connectivity index (χ1v) is 10.2. The number of thiophene rings is 1. The van der Waals surface area contributed by atoms with Gasteiger partial charge in [0.2, 0.25) is 11.8 Å². The van der Waals surface area contributed by atoms with Crippen LogP contribution in [0, 0.1) is 11.8 Å². The molecule has 0 spiro atoms. The Morgan fingerprint density at radius 2 is 1.96 bits per heavy atom. The number of hydrogen-bond donors (Lipinski definition) is 2. The van der Waals surface area contributed by atoms with Gasteiger partial charge in [-0.05, 0) is 36.6 Å². The van der Waals surface area contributed by atoms with Gasteiger partial charge in [0.25, 0.3) is 5.91 Å². The van der Waals surface area contributed by atoms with E-state index < -0.39 is 6.04 Å². The molecule has 0 aliphatic carbocycles. The summed E-state index contributed by atoms with van der Waals surface area (Å²) < 4.78 is 0. The zero-order chi connectivity index (χ0) is 19.1. The fourth-order valence-corrected chi connectivity index (χ4v) is 3.82. The van der Waals surface area contributed by atoms with Crippen molar-refractivity contribution in [2.24, 2.45) is 11.8 Å². The number of likely N-dealkylation sites (tertiary alicyclic amines) is 1. The molecule has 0 aromatic carbocycles. The summed E-state index contributed by atoms with van der Waals surface area (Å²) in [5, 5.41) is 7.67. The largest absolute Gasteiger partial charge is 0.354 e. The zero-order valence-corrected chi connectivity index (χ0v) is 16.6. The summed E-state index contributed by atoms with van der Waals surface area (Å²) in [5.41, 5.74) is 0. The molecule has 2 rings (SSSR count). The van der Waals surface area contributed by atoms with E-state index in [2.05, 4.69) is 10.6 Å². The Balaban J connectivity index is 2.03. The minimum atomic E-state index is -0.563. The molecule has 3 amide bonds. The maximum atomic E-state index is 12.6. The first-order chi connectivity index (χ1) is 12.4. The number of nitrogens with one attached hydrogen (secondary N) is 2. The molecule has 6 nitrogen and oxygen atoms in total. The van der Waals surface area contributed by atoms with E-state index in [4.69, 9.17) is 0 Å². The van der Waals surface area contributed by atoms with Crippen LogP contribution in [0.15, 0.2) is 17.5 Å². The highest BCUT2D eigenvalue weighted by Crippen LogP contribution is 2.23. The maximum absolute atomic E-state index is 12.6. The minimum Gasteiger partial charge on any atom is -0.354 e. The van der Waals surface area contributed by atoms with Gasteiger partial charge >= 0.3 is 0 Å². The quantitative estimate of drug-likeness (QED) is 0.763. The number of nitrogens with zero attached hydrogens (tertiary/aromatic N) is 1. The molecule has 7 heteroatoms. The van der Waals surface area contributed by atoms with Crippen molar-refractivity contribution in [3.05, 3.63) is 22.4 Å². The summed E-state index contributed by atoms with van der Waals surface area (Å²) in [6.07, 6.45) is 2.28. The molecule has 0 bridgehead atoms. The van der Waals surface area contributed by atoms with E-state index in [1.807, 2.05) is 37.1 Å². The number of carbonyl (C=O) groups is 3. The predicted molar refractivity (Wildman–Crippen MR) is 103 cm³/mol. The van der Waals surface area contributed by atoms with Crippen molar-refractivity contribution < 1.29 is 14.4 Å². The highest BCUT2D eigenvalue weighted by Gasteiger charge is 2.34. The van der Waals surface area contributed by atoms with E-state index in [0.717, 1.165) is 6.42 Å². The van der Waals surface area contributed by atoms with Crippen LogP contribution in [0.25, 0.3) is 0 Å². The van der Waals surface area contributed by atoms with Crippen LogP contribution in [0.4, 0.5) is 0 Å². The first-order valence-electron chi connectivity index (χ1n) is 9.34. The van der Waals surface area contributed by atoms with Crippen LogP contribution >= 0.6 is 11.3 Å². The summed E-state index contributed by atoms with van der Waals surface area (Å²) in [6.45, 7) is 7.65. The second-order valence-electron chi connectivity index (χ2n) is 7.04. The second kappa shape index (κ2) is 9.71. The molecule has 0 saturated carbocycles. The lowest BCUT2D eigenvalue weighted by molar-refractivity contribution is -0.136. The van der Waals surface area contributed by atoms with Crippen molar-refractivity contribution in [3.8, 4) is 0 Å². The molecule has 26 heavy (non-hydrogen) atoms. The average Bonchev–Trinajstić information content (AvgIpc) is 3.18. The molecule has 0 radical (unpaired) electrons. The predicted octanol–water partition coefficient (Wildman–Crippen LogP) is 2.27. The fraction of sp³-hybridized carbons (Fsp3) is 0.632. The van der Waals surface area contributed by atoms with Gasteiger partial charge in [0.05, 0.1) is 4.88 Å². The van der Waals surface area contributed by atoms with Crippen LogP contribution in [0.5, 0.6) is 0 Å². The number of piperidine rings is 1. The van der Waals surface area contributed by atoms with Crippen molar-refractivity contribution in [1.29, 1.82) is 0 Å². The standard InChI is InChI=1S/C19H29N3O3S/c1-4-9-20-18(24)16(21-17(23)15-6-5-12-26-15)14-7-10-22(11-8-14)19(25)13(2)3/h5-6,12-14,16H,4,7-11H2,1-3H3,(H,20,24)(H,21,23)/t16-/m1/s1. The topological polar surface area (TPSA) is 78.5 Å². The molecule has 1 aromatic rings. The minimum absolute atomic E-state index is 0.0197. The average molecular weight is 380 g/mol. The zero-order valence-electron chi connectivity index (χ0n) is 15.8. The number of amides is 3. The first kappa shape index (κ1) is 20.4. The third-order valence-corrected chi connectivity index (χ3v) is 5.55. The van der Waals surface area contributed by atoms with Gasteiger partial charge in [-0.15, -0.1) is 11.3 Å². The lowest BCUT2D eigenvalue weighted by Gasteiger charge is -2.36. The Hall–Kier alpha value is -1.89. The highest BCUT2D eigenvalue weighted by molar-refractivity contribution is 7.12. The Labute approximate surface area is 159 Å². The Bertz CT molecular complexity index is 608. The summed E-state index contributed by atoms with van der Waals surface area (Å²) >= 11 is 1.36. The van der Waals surface area contributed by atoms with Gasteiger partial charge in [-0.2, -0.15) is 0 Å². The lowest BCUT2D eigenvalue weighted by atomic mass is 9.88. The Morgan fingerprint density at radius 1 is 1.27 bits per heavy atom. The maximum Gasteiger partial charge on any atom is 0.262 e. The molecule has 144 valence electrons. The van der Waals surface area contributed by atoms with E-state index in [0.29, 0.717) is 37.4 Å². The van der Waals surface area contributed by atoms with Gasteiger partial charge in [-0.25, -0.2) is 0 Å². The Morgan fingerprint density at radius 3 is 2.50 bits per heavy atom. The smallest absolute Gasteiger partial charge is 0.262 e. The molecule has 1 aliphatic heterocycles. The SMILES string of the molecule is CCCNC(=O)[C@H](NC(=O)c1cccs1)C1CCN(C(=O)C(C)C)CC1. The van der Waals surface area contributed by atoms with Crippen LogP contribution in [0.1, 0.15) is 49.7 Å². The second-order valence-corrected chi connectivity index (χ2v) is 7.98. The van der Waals surface area contributed by atoms with Crippen LogP contribution in [-0.4, -0.2) is 48.3 Å². The number of hydrogen-bond acceptors (Lipinski definition) is 4. The van der Waals surface area contributed by atoms with Crippen LogP contribution < -0.4 is 10.6 Å². The van der Waals surface area contributed by atoms with E-state index in [-0.39, 0.29) is 29.6 Å².